The lowest BCUT2D eigenvalue weighted by molar-refractivity contribution is -0.131. The first-order chi connectivity index (χ1) is 8.18. The van der Waals surface area contributed by atoms with Gasteiger partial charge in [0.2, 0.25) is 5.91 Å². The summed E-state index contributed by atoms with van der Waals surface area (Å²) in [7, 11) is 0. The third-order valence-electron chi connectivity index (χ3n) is 3.43. The molecule has 0 saturated carbocycles. The number of nitrogens with one attached hydrogen (secondary N) is 2. The number of nitrogens with two attached hydrogens (primary N) is 1. The lowest BCUT2D eigenvalue weighted by Gasteiger charge is -2.28. The van der Waals surface area contributed by atoms with Crippen molar-refractivity contribution in [3.63, 3.8) is 0 Å². The fraction of sp³-hybridized carbons (Fsp3) is 0.667. The van der Waals surface area contributed by atoms with Gasteiger partial charge in [-0.2, -0.15) is 0 Å². The van der Waals surface area contributed by atoms with E-state index in [4.69, 9.17) is 5.73 Å². The van der Waals surface area contributed by atoms with Crippen LogP contribution in [0.5, 0.6) is 0 Å². The average molecular weight is 311 g/mol. The van der Waals surface area contributed by atoms with E-state index in [0.29, 0.717) is 19.5 Å². The number of aromatic nitrogens is 2. The van der Waals surface area contributed by atoms with E-state index < -0.39 is 5.41 Å². The Labute approximate surface area is 127 Å². The molecule has 0 unspecified atom stereocenters. The summed E-state index contributed by atoms with van der Waals surface area (Å²) in [5.41, 5.74) is 5.30. The molecule has 1 aromatic rings. The maximum atomic E-state index is 12.1. The molecule has 7 heteroatoms. The highest BCUT2D eigenvalue weighted by molar-refractivity contribution is 5.85. The molecule has 0 atom stereocenters. The van der Waals surface area contributed by atoms with Crippen LogP contribution >= 0.6 is 24.8 Å². The lowest BCUT2D eigenvalue weighted by atomic mass is 9.81. The number of carbonyl (C=O) groups excluding carboxylic acids is 1. The minimum atomic E-state index is -0.414. The number of hydrogen-bond donors (Lipinski definition) is 3. The predicted molar refractivity (Wildman–Crippen MR) is 81.9 cm³/mol. The molecular formula is C12H24Cl2N4O. The molecule has 1 aromatic heterocycles. The van der Waals surface area contributed by atoms with Crippen LogP contribution in [-0.2, 0) is 11.2 Å². The zero-order valence-corrected chi connectivity index (χ0v) is 13.1. The van der Waals surface area contributed by atoms with Crippen LogP contribution in [0.2, 0.25) is 0 Å². The number of hydrogen-bond acceptors (Lipinski definition) is 3. The van der Waals surface area contributed by atoms with E-state index in [0.717, 1.165) is 18.7 Å². The van der Waals surface area contributed by atoms with Gasteiger partial charge in [-0.05, 0) is 12.8 Å². The molecule has 4 N–H and O–H groups in total. The fourth-order valence-corrected chi connectivity index (χ4v) is 1.87. The standard InChI is InChI=1S/C12H22N4O.2ClH/c1-3-12(4-2,9-13)11(17)16-6-5-10-14-7-8-15-10;;/h7-8H,3-6,9,13H2,1-2H3,(H,14,15)(H,16,17);2*1H. The number of halogens is 2. The Morgan fingerprint density at radius 2 is 2.05 bits per heavy atom. The lowest BCUT2D eigenvalue weighted by Crippen LogP contribution is -2.45. The Morgan fingerprint density at radius 3 is 2.47 bits per heavy atom. The van der Waals surface area contributed by atoms with Crippen LogP contribution in [0, 0.1) is 5.41 Å². The van der Waals surface area contributed by atoms with Crippen LogP contribution in [0.25, 0.3) is 0 Å². The second-order valence-electron chi connectivity index (χ2n) is 4.23. The monoisotopic (exact) mass is 310 g/mol. The van der Waals surface area contributed by atoms with E-state index >= 15 is 0 Å². The summed E-state index contributed by atoms with van der Waals surface area (Å²) in [5, 5.41) is 2.94. The van der Waals surface area contributed by atoms with Crippen molar-refractivity contribution in [2.45, 2.75) is 33.1 Å². The summed E-state index contributed by atoms with van der Waals surface area (Å²) in [6, 6.07) is 0. The van der Waals surface area contributed by atoms with Gasteiger partial charge in [-0.3, -0.25) is 4.79 Å². The SMILES string of the molecule is CCC(CC)(CN)C(=O)NCCc1ncc[nH]1.Cl.Cl. The summed E-state index contributed by atoms with van der Waals surface area (Å²) in [6.45, 7) is 4.99. The molecular weight excluding hydrogens is 287 g/mol. The van der Waals surface area contributed by atoms with Crippen LogP contribution < -0.4 is 11.1 Å². The highest BCUT2D eigenvalue weighted by atomic mass is 35.5. The van der Waals surface area contributed by atoms with Crippen molar-refractivity contribution >= 4 is 30.7 Å². The van der Waals surface area contributed by atoms with Gasteiger partial charge in [0.25, 0.3) is 0 Å². The molecule has 0 bridgehead atoms. The Hall–Kier alpha value is -0.780. The number of rotatable bonds is 7. The number of imidazole rings is 1. The zero-order chi connectivity index (χ0) is 12.7. The Balaban J connectivity index is 0. The molecule has 1 heterocycles. The second kappa shape index (κ2) is 10.1. The van der Waals surface area contributed by atoms with Gasteiger partial charge in [-0.1, -0.05) is 13.8 Å². The number of carbonyl (C=O) groups is 1. The van der Waals surface area contributed by atoms with Crippen molar-refractivity contribution in [2.24, 2.45) is 11.1 Å². The molecule has 0 aliphatic carbocycles. The molecule has 0 aliphatic heterocycles. The van der Waals surface area contributed by atoms with E-state index in [9.17, 15) is 4.79 Å². The van der Waals surface area contributed by atoms with Gasteiger partial charge in [0, 0.05) is 31.9 Å². The van der Waals surface area contributed by atoms with Gasteiger partial charge in [0.1, 0.15) is 5.82 Å². The first-order valence-electron chi connectivity index (χ1n) is 6.15. The first-order valence-corrected chi connectivity index (χ1v) is 6.15. The van der Waals surface area contributed by atoms with Gasteiger partial charge < -0.3 is 16.0 Å². The highest BCUT2D eigenvalue weighted by Gasteiger charge is 2.32. The van der Waals surface area contributed by atoms with Crippen LogP contribution in [0.4, 0.5) is 0 Å². The summed E-state index contributed by atoms with van der Waals surface area (Å²) >= 11 is 0. The maximum Gasteiger partial charge on any atom is 0.227 e. The van der Waals surface area contributed by atoms with E-state index in [1.54, 1.807) is 12.4 Å². The van der Waals surface area contributed by atoms with E-state index in [-0.39, 0.29) is 30.7 Å². The molecule has 0 aromatic carbocycles. The number of amides is 1. The van der Waals surface area contributed by atoms with Crippen molar-refractivity contribution < 1.29 is 4.79 Å². The van der Waals surface area contributed by atoms with E-state index in [1.165, 1.54) is 0 Å². The Kier molecular flexibility index (Phi) is 10.9. The molecule has 5 nitrogen and oxygen atoms in total. The van der Waals surface area contributed by atoms with Gasteiger partial charge in [-0.25, -0.2) is 4.98 Å². The number of H-pyrrole nitrogens is 1. The zero-order valence-electron chi connectivity index (χ0n) is 11.4. The molecule has 112 valence electrons. The smallest absolute Gasteiger partial charge is 0.227 e. The maximum absolute atomic E-state index is 12.1. The molecule has 1 rings (SSSR count). The van der Waals surface area contributed by atoms with Crippen molar-refractivity contribution in [1.29, 1.82) is 0 Å². The third kappa shape index (κ3) is 5.38. The van der Waals surface area contributed by atoms with Crippen LogP contribution in [0.15, 0.2) is 12.4 Å². The summed E-state index contributed by atoms with van der Waals surface area (Å²) in [6.07, 6.45) is 5.74. The summed E-state index contributed by atoms with van der Waals surface area (Å²) in [4.78, 5) is 19.2. The van der Waals surface area contributed by atoms with Gasteiger partial charge in [-0.15, -0.1) is 24.8 Å². The summed E-state index contributed by atoms with van der Waals surface area (Å²) in [5.74, 6) is 0.938. The quantitative estimate of drug-likeness (QED) is 0.716. The predicted octanol–water partition coefficient (Wildman–Crippen LogP) is 1.68. The first kappa shape index (κ1) is 20.5. The second-order valence-corrected chi connectivity index (χ2v) is 4.23. The molecule has 0 radical (unpaired) electrons. The van der Waals surface area contributed by atoms with Crippen LogP contribution in [0.3, 0.4) is 0 Å². The molecule has 0 aliphatic rings. The number of aromatic amines is 1. The topological polar surface area (TPSA) is 83.8 Å². The largest absolute Gasteiger partial charge is 0.355 e. The molecule has 0 fully saturated rings. The normalized spacial score (nSPS) is 10.3. The molecule has 0 saturated heterocycles. The highest BCUT2D eigenvalue weighted by Crippen LogP contribution is 2.24. The van der Waals surface area contributed by atoms with E-state index in [1.807, 2.05) is 13.8 Å². The van der Waals surface area contributed by atoms with Crippen molar-refractivity contribution in [1.82, 2.24) is 15.3 Å². The molecule has 19 heavy (non-hydrogen) atoms. The van der Waals surface area contributed by atoms with Gasteiger partial charge >= 0.3 is 0 Å². The van der Waals surface area contributed by atoms with Crippen molar-refractivity contribution in [3.8, 4) is 0 Å². The van der Waals surface area contributed by atoms with Crippen molar-refractivity contribution in [3.05, 3.63) is 18.2 Å². The van der Waals surface area contributed by atoms with Crippen LogP contribution in [0.1, 0.15) is 32.5 Å². The van der Waals surface area contributed by atoms with Crippen molar-refractivity contribution in [2.75, 3.05) is 13.1 Å². The molecule has 1 amide bonds. The summed E-state index contributed by atoms with van der Waals surface area (Å²) < 4.78 is 0. The minimum Gasteiger partial charge on any atom is -0.355 e. The fourth-order valence-electron chi connectivity index (χ4n) is 1.87. The minimum absolute atomic E-state index is 0. The van der Waals surface area contributed by atoms with Gasteiger partial charge in [0.05, 0.1) is 5.41 Å². The average Bonchev–Trinajstić information content (AvgIpc) is 2.85. The number of nitrogens with zero attached hydrogens (tertiary/aromatic N) is 1. The Morgan fingerprint density at radius 1 is 1.42 bits per heavy atom. The Bertz CT molecular complexity index is 331. The van der Waals surface area contributed by atoms with E-state index in [2.05, 4.69) is 15.3 Å². The van der Waals surface area contributed by atoms with Crippen LogP contribution in [-0.4, -0.2) is 29.0 Å². The third-order valence-corrected chi connectivity index (χ3v) is 3.43. The van der Waals surface area contributed by atoms with Gasteiger partial charge in [0.15, 0.2) is 0 Å². The molecule has 0 spiro atoms.